The van der Waals surface area contributed by atoms with Gasteiger partial charge in [-0.15, -0.1) is 0 Å². The van der Waals surface area contributed by atoms with Crippen molar-refractivity contribution in [2.75, 3.05) is 5.32 Å². The van der Waals surface area contributed by atoms with Crippen molar-refractivity contribution in [3.63, 3.8) is 0 Å². The third-order valence-corrected chi connectivity index (χ3v) is 4.77. The van der Waals surface area contributed by atoms with Crippen molar-refractivity contribution in [2.45, 2.75) is 12.7 Å². The van der Waals surface area contributed by atoms with Gasteiger partial charge < -0.3 is 14.8 Å². The summed E-state index contributed by atoms with van der Waals surface area (Å²) in [6, 6.07) is 7.02. The van der Waals surface area contributed by atoms with Gasteiger partial charge in [0.15, 0.2) is 11.5 Å². The predicted molar refractivity (Wildman–Crippen MR) is 106 cm³/mol. The van der Waals surface area contributed by atoms with Crippen LogP contribution in [0.2, 0.25) is 0 Å². The maximum absolute atomic E-state index is 14.7. The maximum atomic E-state index is 14.7. The van der Waals surface area contributed by atoms with Crippen molar-refractivity contribution in [2.24, 2.45) is 0 Å². The Labute approximate surface area is 176 Å². The topological polar surface area (TPSA) is 108 Å². The molecule has 32 heavy (non-hydrogen) atoms. The Balaban J connectivity index is 1.39. The van der Waals surface area contributed by atoms with Crippen LogP contribution in [0.15, 0.2) is 53.4 Å². The Morgan fingerprint density at radius 3 is 2.69 bits per heavy atom. The molecule has 162 valence electrons. The van der Waals surface area contributed by atoms with Crippen LogP contribution in [0.4, 0.5) is 23.4 Å². The van der Waals surface area contributed by atoms with E-state index in [1.807, 2.05) is 0 Å². The molecule has 12 heteroatoms. The number of hydrogen-bond donors (Lipinski definition) is 3. The van der Waals surface area contributed by atoms with Crippen LogP contribution in [0.1, 0.15) is 11.3 Å². The van der Waals surface area contributed by atoms with Crippen molar-refractivity contribution in [3.8, 4) is 22.5 Å². The third kappa shape index (κ3) is 3.66. The standard InChI is InChI=1S/C20H13F4N7O/c21-14-5-10(1-2-11(14)7-26-16-6-15(32-31-16)20(22,23)24)13-3-4-25-19-17(13)29-18(30-19)12-8-27-28-9-12/h1-6,8-9H,7H2,(H,26,31)(H,27,28)(H,25,29,30). The minimum Gasteiger partial charge on any atom is -0.363 e. The zero-order valence-corrected chi connectivity index (χ0v) is 16.0. The van der Waals surface area contributed by atoms with Gasteiger partial charge in [0.25, 0.3) is 0 Å². The Morgan fingerprint density at radius 2 is 1.97 bits per heavy atom. The van der Waals surface area contributed by atoms with Crippen molar-refractivity contribution >= 4 is 17.0 Å². The van der Waals surface area contributed by atoms with Gasteiger partial charge in [0, 0.05) is 36.1 Å². The molecule has 8 nitrogen and oxygen atoms in total. The summed E-state index contributed by atoms with van der Waals surface area (Å²) in [5.41, 5.74) is 3.35. The van der Waals surface area contributed by atoms with Crippen LogP contribution >= 0.6 is 0 Å². The second-order valence-electron chi connectivity index (χ2n) is 6.86. The molecule has 5 aromatic rings. The van der Waals surface area contributed by atoms with Crippen molar-refractivity contribution < 1.29 is 22.1 Å². The molecule has 3 N–H and O–H groups in total. The van der Waals surface area contributed by atoms with Gasteiger partial charge in [-0.1, -0.05) is 17.3 Å². The van der Waals surface area contributed by atoms with E-state index in [2.05, 4.69) is 40.1 Å². The zero-order chi connectivity index (χ0) is 22.3. The first-order valence-electron chi connectivity index (χ1n) is 9.29. The predicted octanol–water partition coefficient (Wildman–Crippen LogP) is 4.77. The van der Waals surface area contributed by atoms with E-state index in [-0.39, 0.29) is 17.9 Å². The van der Waals surface area contributed by atoms with Crippen LogP contribution in [-0.4, -0.2) is 30.3 Å². The summed E-state index contributed by atoms with van der Waals surface area (Å²) >= 11 is 0. The molecular weight excluding hydrogens is 430 g/mol. The van der Waals surface area contributed by atoms with Crippen LogP contribution in [0, 0.1) is 5.82 Å². The van der Waals surface area contributed by atoms with Gasteiger partial charge in [-0.2, -0.15) is 18.3 Å². The Kier molecular flexibility index (Phi) is 4.61. The van der Waals surface area contributed by atoms with E-state index < -0.39 is 17.8 Å². The first-order valence-corrected chi connectivity index (χ1v) is 9.29. The summed E-state index contributed by atoms with van der Waals surface area (Å²) in [5, 5.41) is 12.5. The van der Waals surface area contributed by atoms with Crippen LogP contribution in [0.3, 0.4) is 0 Å². The molecule has 0 fully saturated rings. The van der Waals surface area contributed by atoms with E-state index in [9.17, 15) is 17.6 Å². The fourth-order valence-electron chi connectivity index (χ4n) is 3.20. The second-order valence-corrected chi connectivity index (χ2v) is 6.86. The van der Waals surface area contributed by atoms with E-state index in [4.69, 9.17) is 0 Å². The molecule has 0 amide bonds. The van der Waals surface area contributed by atoms with Gasteiger partial charge >= 0.3 is 6.18 Å². The van der Waals surface area contributed by atoms with Gasteiger partial charge in [-0.05, 0) is 17.7 Å². The number of aromatic amines is 2. The van der Waals surface area contributed by atoms with Gasteiger partial charge in [-0.25, -0.2) is 14.4 Å². The number of imidazole rings is 1. The fourth-order valence-corrected chi connectivity index (χ4v) is 3.20. The summed E-state index contributed by atoms with van der Waals surface area (Å²) in [7, 11) is 0. The summed E-state index contributed by atoms with van der Waals surface area (Å²) in [6.45, 7) is -0.0747. The lowest BCUT2D eigenvalue weighted by Gasteiger charge is -2.08. The minimum atomic E-state index is -4.64. The van der Waals surface area contributed by atoms with Gasteiger partial charge in [0.2, 0.25) is 5.76 Å². The number of fused-ring (bicyclic) bond motifs is 1. The number of H-pyrrole nitrogens is 2. The number of alkyl halides is 3. The molecule has 0 saturated heterocycles. The summed E-state index contributed by atoms with van der Waals surface area (Å²) in [5.74, 6) is -1.34. The molecule has 0 radical (unpaired) electrons. The van der Waals surface area contributed by atoms with E-state index in [0.717, 1.165) is 11.6 Å². The van der Waals surface area contributed by atoms with Gasteiger partial charge in [-0.3, -0.25) is 5.10 Å². The number of pyridine rings is 1. The number of hydrogen-bond acceptors (Lipinski definition) is 6. The minimum absolute atomic E-state index is 0.0747. The number of nitrogens with zero attached hydrogens (tertiary/aromatic N) is 4. The first kappa shape index (κ1) is 19.7. The molecule has 0 aliphatic carbocycles. The van der Waals surface area contributed by atoms with Gasteiger partial charge in [0.1, 0.15) is 17.2 Å². The van der Waals surface area contributed by atoms with Gasteiger partial charge in [0.05, 0.1) is 11.8 Å². The van der Waals surface area contributed by atoms with Crippen molar-refractivity contribution in [3.05, 3.63) is 66.1 Å². The van der Waals surface area contributed by atoms with E-state index in [1.165, 1.54) is 6.07 Å². The lowest BCUT2D eigenvalue weighted by molar-refractivity contribution is -0.155. The number of anilines is 1. The molecule has 0 atom stereocenters. The maximum Gasteiger partial charge on any atom is 0.452 e. The quantitative estimate of drug-likeness (QED) is 0.338. The lowest BCUT2D eigenvalue weighted by atomic mass is 10.0. The van der Waals surface area contributed by atoms with Crippen LogP contribution in [-0.2, 0) is 12.7 Å². The highest BCUT2D eigenvalue weighted by molar-refractivity contribution is 5.91. The molecule has 5 rings (SSSR count). The SMILES string of the molecule is Fc1cc(-c2ccnc3[nH]c(-c4cn[nH]c4)nc23)ccc1CNc1cc(C(F)(F)F)on1. The van der Waals surface area contributed by atoms with Crippen molar-refractivity contribution in [1.29, 1.82) is 0 Å². The third-order valence-electron chi connectivity index (χ3n) is 4.77. The number of benzene rings is 1. The molecule has 4 aromatic heterocycles. The average molecular weight is 443 g/mol. The lowest BCUT2D eigenvalue weighted by Crippen LogP contribution is -2.03. The monoisotopic (exact) mass is 443 g/mol. The molecule has 0 bridgehead atoms. The van der Waals surface area contributed by atoms with Crippen molar-refractivity contribution in [1.82, 2.24) is 30.3 Å². The smallest absolute Gasteiger partial charge is 0.363 e. The zero-order valence-electron chi connectivity index (χ0n) is 16.0. The second kappa shape index (κ2) is 7.48. The summed E-state index contributed by atoms with van der Waals surface area (Å²) < 4.78 is 56.7. The highest BCUT2D eigenvalue weighted by Gasteiger charge is 2.36. The molecular formula is C20H13F4N7O. The molecule has 0 unspecified atom stereocenters. The average Bonchev–Trinajstić information content (AvgIpc) is 3.52. The summed E-state index contributed by atoms with van der Waals surface area (Å²) in [4.78, 5) is 11.9. The van der Waals surface area contributed by atoms with Crippen LogP contribution in [0.5, 0.6) is 0 Å². The normalized spacial score (nSPS) is 11.9. The van der Waals surface area contributed by atoms with E-state index >= 15 is 0 Å². The highest BCUT2D eigenvalue weighted by atomic mass is 19.4. The Morgan fingerprint density at radius 1 is 1.09 bits per heavy atom. The molecule has 0 spiro atoms. The fraction of sp³-hybridized carbons (Fsp3) is 0.100. The Bertz CT molecular complexity index is 1390. The largest absolute Gasteiger partial charge is 0.452 e. The number of halogens is 4. The van der Waals surface area contributed by atoms with E-state index in [1.54, 1.807) is 36.8 Å². The van der Waals surface area contributed by atoms with Crippen LogP contribution in [0.25, 0.3) is 33.7 Å². The van der Waals surface area contributed by atoms with Crippen LogP contribution < -0.4 is 5.32 Å². The highest BCUT2D eigenvalue weighted by Crippen LogP contribution is 2.32. The number of aromatic nitrogens is 6. The number of rotatable bonds is 5. The first-order chi connectivity index (χ1) is 15.4. The summed E-state index contributed by atoms with van der Waals surface area (Å²) in [6.07, 6.45) is 0.251. The molecule has 0 aliphatic rings. The Hall–Kier alpha value is -4.22. The molecule has 0 aliphatic heterocycles. The van der Waals surface area contributed by atoms with E-state index in [0.29, 0.717) is 28.1 Å². The number of nitrogens with one attached hydrogen (secondary N) is 3. The molecule has 0 saturated carbocycles. The molecule has 4 heterocycles. The molecule has 1 aromatic carbocycles.